The molecule has 0 spiro atoms. The molecule has 158 valence electrons. The van der Waals surface area contributed by atoms with Crippen LogP contribution in [0.15, 0.2) is 47.0 Å². The third kappa shape index (κ3) is 3.43. The van der Waals surface area contributed by atoms with E-state index in [9.17, 15) is 0 Å². The molecule has 3 aromatic heterocycles. The van der Waals surface area contributed by atoms with Crippen LogP contribution in [0.3, 0.4) is 0 Å². The number of pyridine rings is 2. The molecule has 2 fully saturated rings. The topological polar surface area (TPSA) is 70.3 Å². The van der Waals surface area contributed by atoms with Crippen molar-refractivity contribution < 1.29 is 4.42 Å². The Bertz CT molecular complexity index is 1260. The van der Waals surface area contributed by atoms with E-state index in [1.165, 1.54) is 0 Å². The van der Waals surface area contributed by atoms with Gasteiger partial charge < -0.3 is 14.6 Å². The Hall–Kier alpha value is -3.03. The second kappa shape index (κ2) is 7.28. The van der Waals surface area contributed by atoms with Gasteiger partial charge in [-0.15, -0.1) is 0 Å². The van der Waals surface area contributed by atoms with Gasteiger partial charge >= 0.3 is 0 Å². The maximum Gasteiger partial charge on any atom is 0.192 e. The summed E-state index contributed by atoms with van der Waals surface area (Å²) in [5.74, 6) is 0.676. The predicted octanol–water partition coefficient (Wildman–Crippen LogP) is 3.23. The molecule has 0 bridgehead atoms. The molecule has 0 unspecified atom stereocenters. The molecule has 1 N–H and O–H groups in total. The molecule has 1 atom stereocenters. The van der Waals surface area contributed by atoms with E-state index in [-0.39, 0.29) is 0 Å². The highest BCUT2D eigenvalue weighted by Gasteiger charge is 2.33. The molecule has 7 nitrogen and oxygen atoms in total. The van der Waals surface area contributed by atoms with Crippen LogP contribution in [-0.4, -0.2) is 64.7 Å². The molecular formula is C24H26N6O. The van der Waals surface area contributed by atoms with Crippen molar-refractivity contribution in [3.05, 3.63) is 48.5 Å². The van der Waals surface area contributed by atoms with Crippen molar-refractivity contribution >= 4 is 27.8 Å². The number of hydrogen-bond donors (Lipinski definition) is 1. The number of benzene rings is 1. The second-order valence-corrected chi connectivity index (χ2v) is 8.75. The number of piperazine rings is 1. The second-order valence-electron chi connectivity index (χ2n) is 8.75. The predicted molar refractivity (Wildman–Crippen MR) is 122 cm³/mol. The van der Waals surface area contributed by atoms with Crippen molar-refractivity contribution in [1.82, 2.24) is 25.2 Å². The molecule has 1 aromatic carbocycles. The fourth-order valence-corrected chi connectivity index (χ4v) is 4.72. The van der Waals surface area contributed by atoms with Gasteiger partial charge in [-0.2, -0.15) is 0 Å². The smallest absolute Gasteiger partial charge is 0.192 e. The number of fused-ring (bicyclic) bond motifs is 2. The summed E-state index contributed by atoms with van der Waals surface area (Å²) in [4.78, 5) is 19.0. The van der Waals surface area contributed by atoms with Crippen molar-refractivity contribution in [2.75, 3.05) is 37.6 Å². The minimum Gasteiger partial charge on any atom is -0.441 e. The molecule has 5 heterocycles. The Morgan fingerprint density at radius 3 is 2.77 bits per heavy atom. The molecule has 0 radical (unpaired) electrons. The van der Waals surface area contributed by atoms with E-state index in [2.05, 4.69) is 38.1 Å². The summed E-state index contributed by atoms with van der Waals surface area (Å²) in [7, 11) is 0. The third-order valence-corrected chi connectivity index (χ3v) is 6.46. The molecule has 2 saturated heterocycles. The van der Waals surface area contributed by atoms with Crippen LogP contribution >= 0.6 is 0 Å². The fourth-order valence-electron chi connectivity index (χ4n) is 4.72. The van der Waals surface area contributed by atoms with Crippen LogP contribution in [0.1, 0.15) is 12.8 Å². The van der Waals surface area contributed by atoms with E-state index < -0.39 is 0 Å². The Labute approximate surface area is 181 Å². The van der Waals surface area contributed by atoms with Gasteiger partial charge in [0, 0.05) is 57.3 Å². The highest BCUT2D eigenvalue weighted by molar-refractivity contribution is 5.84. The number of hydrogen-bond acceptors (Lipinski definition) is 7. The minimum atomic E-state index is 0.577. The number of aryl methyl sites for hydroxylation is 1. The Kier molecular flexibility index (Phi) is 4.40. The molecule has 0 aliphatic carbocycles. The van der Waals surface area contributed by atoms with Crippen molar-refractivity contribution in [3.63, 3.8) is 0 Å². The summed E-state index contributed by atoms with van der Waals surface area (Å²) in [6, 6.07) is 13.5. The van der Waals surface area contributed by atoms with Gasteiger partial charge in [-0.25, -0.2) is 9.97 Å². The highest BCUT2D eigenvalue weighted by Crippen LogP contribution is 2.28. The van der Waals surface area contributed by atoms with E-state index in [0.717, 1.165) is 71.8 Å². The van der Waals surface area contributed by atoms with E-state index in [1.807, 2.05) is 43.5 Å². The van der Waals surface area contributed by atoms with Crippen molar-refractivity contribution in [3.8, 4) is 11.3 Å². The summed E-state index contributed by atoms with van der Waals surface area (Å²) in [5, 5.41) is 3.53. The first-order valence-electron chi connectivity index (χ1n) is 11.0. The van der Waals surface area contributed by atoms with Gasteiger partial charge in [-0.1, -0.05) is 0 Å². The van der Waals surface area contributed by atoms with Crippen molar-refractivity contribution in [2.24, 2.45) is 0 Å². The number of nitrogens with zero attached hydrogens (tertiary/aromatic N) is 5. The average Bonchev–Trinajstić information content (AvgIpc) is 3.11. The zero-order valence-corrected chi connectivity index (χ0v) is 17.9. The summed E-state index contributed by atoms with van der Waals surface area (Å²) in [6.45, 7) is 9.60. The molecule has 2 aliphatic rings. The zero-order chi connectivity index (χ0) is 20.9. The van der Waals surface area contributed by atoms with Gasteiger partial charge in [-0.3, -0.25) is 9.88 Å². The Balaban J connectivity index is 1.24. The maximum absolute atomic E-state index is 5.59. The van der Waals surface area contributed by atoms with E-state index in [4.69, 9.17) is 9.40 Å². The van der Waals surface area contributed by atoms with Gasteiger partial charge in [-0.05, 0) is 43.3 Å². The van der Waals surface area contributed by atoms with Gasteiger partial charge in [0.1, 0.15) is 5.52 Å². The number of rotatable bonds is 3. The summed E-state index contributed by atoms with van der Waals surface area (Å²) >= 11 is 0. The highest BCUT2D eigenvalue weighted by atomic mass is 16.3. The van der Waals surface area contributed by atoms with Crippen LogP contribution in [0, 0.1) is 6.92 Å². The number of aromatic nitrogens is 3. The zero-order valence-electron chi connectivity index (χ0n) is 17.9. The van der Waals surface area contributed by atoms with Crippen LogP contribution in [0.2, 0.25) is 0 Å². The SMILES string of the molecule is Cc1nc2cc(-c3ccc4ncc(N5CC(N6CCN[C@@H](C)C6)C5)cc4n3)ccc2o1. The number of anilines is 1. The van der Waals surface area contributed by atoms with Crippen molar-refractivity contribution in [1.29, 1.82) is 0 Å². The lowest BCUT2D eigenvalue weighted by Crippen LogP contribution is -2.64. The average molecular weight is 415 g/mol. The van der Waals surface area contributed by atoms with E-state index in [1.54, 1.807) is 0 Å². The van der Waals surface area contributed by atoms with Crippen molar-refractivity contribution in [2.45, 2.75) is 25.9 Å². The minimum absolute atomic E-state index is 0.577. The quantitative estimate of drug-likeness (QED) is 0.552. The van der Waals surface area contributed by atoms with E-state index >= 15 is 0 Å². The monoisotopic (exact) mass is 414 g/mol. The van der Waals surface area contributed by atoms with Crippen LogP contribution in [0.4, 0.5) is 5.69 Å². The van der Waals surface area contributed by atoms with Gasteiger partial charge in [0.2, 0.25) is 0 Å². The molecule has 31 heavy (non-hydrogen) atoms. The van der Waals surface area contributed by atoms with Crippen LogP contribution in [0.5, 0.6) is 0 Å². The first-order chi connectivity index (χ1) is 15.1. The normalized spacial score (nSPS) is 20.5. The first-order valence-corrected chi connectivity index (χ1v) is 11.0. The molecule has 6 rings (SSSR count). The lowest BCUT2D eigenvalue weighted by Gasteiger charge is -2.48. The van der Waals surface area contributed by atoms with Gasteiger partial charge in [0.25, 0.3) is 0 Å². The molecule has 7 heteroatoms. The molecule has 4 aromatic rings. The maximum atomic E-state index is 5.59. The standard InChI is InChI=1S/C24H26N6O/c1-15-12-29(8-7-25-15)19-13-30(14-19)18-10-22-21(26-11-18)5-4-20(28-22)17-3-6-24-23(9-17)27-16(2)31-24/h3-6,9-11,15,19,25H,7-8,12-14H2,1-2H3/t15-/m0/s1. The number of oxazole rings is 1. The third-order valence-electron chi connectivity index (χ3n) is 6.46. The largest absolute Gasteiger partial charge is 0.441 e. The number of nitrogens with one attached hydrogen (secondary N) is 1. The van der Waals surface area contributed by atoms with Crippen LogP contribution in [0.25, 0.3) is 33.4 Å². The Morgan fingerprint density at radius 1 is 1.00 bits per heavy atom. The fraction of sp³-hybridized carbons (Fsp3) is 0.375. The summed E-state index contributed by atoms with van der Waals surface area (Å²) < 4.78 is 5.59. The van der Waals surface area contributed by atoms with Gasteiger partial charge in [0.05, 0.1) is 28.6 Å². The molecular weight excluding hydrogens is 388 g/mol. The summed E-state index contributed by atoms with van der Waals surface area (Å²) in [5.41, 5.74) is 6.61. The lowest BCUT2D eigenvalue weighted by atomic mass is 10.0. The van der Waals surface area contributed by atoms with Crippen LogP contribution in [-0.2, 0) is 0 Å². The molecule has 2 aliphatic heterocycles. The molecule has 0 saturated carbocycles. The lowest BCUT2D eigenvalue weighted by molar-refractivity contribution is 0.127. The Morgan fingerprint density at radius 2 is 1.90 bits per heavy atom. The first kappa shape index (κ1) is 18.7. The van der Waals surface area contributed by atoms with Crippen LogP contribution < -0.4 is 10.2 Å². The molecule has 0 amide bonds. The summed E-state index contributed by atoms with van der Waals surface area (Å²) in [6.07, 6.45) is 1.98. The van der Waals surface area contributed by atoms with Gasteiger partial charge in [0.15, 0.2) is 11.5 Å². The van der Waals surface area contributed by atoms with E-state index in [0.29, 0.717) is 18.0 Å².